The van der Waals surface area contributed by atoms with Crippen LogP contribution in [0.3, 0.4) is 0 Å². The third-order valence-electron chi connectivity index (χ3n) is 2.70. The first-order valence-corrected chi connectivity index (χ1v) is 7.65. The Morgan fingerprint density at radius 3 is 2.79 bits per heavy atom. The van der Waals surface area contributed by atoms with E-state index in [9.17, 15) is 0 Å². The molecule has 0 unspecified atom stereocenters. The maximum absolute atomic E-state index is 4.34. The third kappa shape index (κ3) is 3.22. The maximum atomic E-state index is 4.34. The number of hydrogen-bond donors (Lipinski definition) is 1. The van der Waals surface area contributed by atoms with Crippen molar-refractivity contribution in [1.29, 1.82) is 0 Å². The maximum Gasteiger partial charge on any atom is 0.148 e. The van der Waals surface area contributed by atoms with Crippen LogP contribution in [0.1, 0.15) is 17.5 Å². The van der Waals surface area contributed by atoms with E-state index in [0.29, 0.717) is 0 Å². The fourth-order valence-electron chi connectivity index (χ4n) is 1.69. The van der Waals surface area contributed by atoms with Gasteiger partial charge in [-0.2, -0.15) is 0 Å². The summed E-state index contributed by atoms with van der Waals surface area (Å²) in [6, 6.07) is 0. The average molecular weight is 342 g/mol. The number of aryl methyl sites for hydroxylation is 1. The van der Waals surface area contributed by atoms with Crippen LogP contribution in [0.2, 0.25) is 0 Å². The second-order valence-electron chi connectivity index (χ2n) is 4.11. The number of anilines is 2. The van der Waals surface area contributed by atoms with Gasteiger partial charge in [0.05, 0.1) is 17.7 Å². The summed E-state index contributed by atoms with van der Waals surface area (Å²) in [5.41, 5.74) is 2.95. The number of aromatic nitrogens is 3. The van der Waals surface area contributed by atoms with Crippen molar-refractivity contribution in [3.63, 3.8) is 0 Å². The molecule has 5 nitrogen and oxygen atoms in total. The summed E-state index contributed by atoms with van der Waals surface area (Å²) >= 11 is 5.23. The molecule has 0 aliphatic heterocycles. The molecule has 2 heterocycles. The molecule has 2 aromatic rings. The minimum Gasteiger partial charge on any atom is -0.369 e. The molecule has 1 N–H and O–H groups in total. The Bertz CT molecular complexity index is 557. The SMILES string of the molecule is CCNc1ncnc(N(C)Cc2scnc2C)c1Br. The van der Waals surface area contributed by atoms with Gasteiger partial charge in [0.2, 0.25) is 0 Å². The van der Waals surface area contributed by atoms with Crippen molar-refractivity contribution in [2.45, 2.75) is 20.4 Å². The molecule has 0 radical (unpaired) electrons. The first-order valence-electron chi connectivity index (χ1n) is 5.98. The van der Waals surface area contributed by atoms with Gasteiger partial charge in [-0.15, -0.1) is 11.3 Å². The van der Waals surface area contributed by atoms with Gasteiger partial charge in [0.25, 0.3) is 0 Å². The summed E-state index contributed by atoms with van der Waals surface area (Å²) < 4.78 is 0.890. The second kappa shape index (κ2) is 6.29. The highest BCUT2D eigenvalue weighted by molar-refractivity contribution is 9.10. The second-order valence-corrected chi connectivity index (χ2v) is 5.84. The summed E-state index contributed by atoms with van der Waals surface area (Å²) in [6.45, 7) is 5.68. The zero-order chi connectivity index (χ0) is 13.8. The molecule has 0 saturated carbocycles. The highest BCUT2D eigenvalue weighted by atomic mass is 79.9. The number of rotatable bonds is 5. The van der Waals surface area contributed by atoms with Gasteiger partial charge < -0.3 is 10.2 Å². The molecule has 0 fully saturated rings. The smallest absolute Gasteiger partial charge is 0.148 e. The van der Waals surface area contributed by atoms with E-state index in [-0.39, 0.29) is 0 Å². The molecule has 19 heavy (non-hydrogen) atoms. The molecule has 0 atom stereocenters. The zero-order valence-corrected chi connectivity index (χ0v) is 13.5. The molecule has 7 heteroatoms. The summed E-state index contributed by atoms with van der Waals surface area (Å²) in [4.78, 5) is 16.2. The molecule has 0 aliphatic rings. The lowest BCUT2D eigenvalue weighted by Crippen LogP contribution is -2.19. The molecule has 2 aromatic heterocycles. The Balaban J connectivity index is 2.21. The number of hydrogen-bond acceptors (Lipinski definition) is 6. The largest absolute Gasteiger partial charge is 0.369 e. The summed E-state index contributed by atoms with van der Waals surface area (Å²) in [5, 5.41) is 3.21. The molecule has 2 rings (SSSR count). The van der Waals surface area contributed by atoms with Gasteiger partial charge in [-0.1, -0.05) is 0 Å². The zero-order valence-electron chi connectivity index (χ0n) is 11.1. The van der Waals surface area contributed by atoms with Crippen LogP contribution < -0.4 is 10.2 Å². The number of thiazole rings is 1. The predicted molar refractivity (Wildman–Crippen MR) is 82.9 cm³/mol. The van der Waals surface area contributed by atoms with Crippen molar-refractivity contribution in [3.05, 3.63) is 26.9 Å². The fraction of sp³-hybridized carbons (Fsp3) is 0.417. The van der Waals surface area contributed by atoms with Gasteiger partial charge >= 0.3 is 0 Å². The first kappa shape index (κ1) is 14.2. The Labute approximate surface area is 125 Å². The standard InChI is InChI=1S/C12H16BrN5S/c1-4-14-11-10(13)12(16-6-15-11)18(3)5-9-8(2)17-7-19-9/h6-7H,4-5H2,1-3H3,(H,14,15,16). The van der Waals surface area contributed by atoms with Crippen LogP contribution in [0, 0.1) is 6.92 Å². The summed E-state index contributed by atoms with van der Waals surface area (Å²) in [5.74, 6) is 1.69. The van der Waals surface area contributed by atoms with E-state index in [1.165, 1.54) is 4.88 Å². The van der Waals surface area contributed by atoms with Gasteiger partial charge in [-0.25, -0.2) is 15.0 Å². The molecule has 0 aliphatic carbocycles. The normalized spacial score (nSPS) is 10.5. The van der Waals surface area contributed by atoms with Gasteiger partial charge in [0.15, 0.2) is 0 Å². The van der Waals surface area contributed by atoms with Crippen molar-refractivity contribution >= 4 is 38.9 Å². The van der Waals surface area contributed by atoms with Gasteiger partial charge in [-0.05, 0) is 29.8 Å². The van der Waals surface area contributed by atoms with Gasteiger partial charge in [0, 0.05) is 18.5 Å². The van der Waals surface area contributed by atoms with E-state index < -0.39 is 0 Å². The number of halogens is 1. The van der Waals surface area contributed by atoms with Crippen LogP contribution in [0.15, 0.2) is 16.3 Å². The minimum absolute atomic E-state index is 0.789. The van der Waals surface area contributed by atoms with E-state index in [1.54, 1.807) is 17.7 Å². The lowest BCUT2D eigenvalue weighted by Gasteiger charge is -2.20. The van der Waals surface area contributed by atoms with Crippen molar-refractivity contribution in [3.8, 4) is 0 Å². The monoisotopic (exact) mass is 341 g/mol. The summed E-state index contributed by atoms with van der Waals surface area (Å²) in [6.07, 6.45) is 1.58. The average Bonchev–Trinajstić information content (AvgIpc) is 2.78. The fourth-order valence-corrected chi connectivity index (χ4v) is 3.16. The topological polar surface area (TPSA) is 53.9 Å². The minimum atomic E-state index is 0.789. The number of nitrogens with zero attached hydrogens (tertiary/aromatic N) is 4. The van der Waals surface area contributed by atoms with Gasteiger partial charge in [-0.3, -0.25) is 0 Å². The highest BCUT2D eigenvalue weighted by Gasteiger charge is 2.14. The van der Waals surface area contributed by atoms with Crippen LogP contribution in [0.4, 0.5) is 11.6 Å². The molecule has 0 aromatic carbocycles. The highest BCUT2D eigenvalue weighted by Crippen LogP contribution is 2.30. The van der Waals surface area contributed by atoms with Crippen LogP contribution in [0.25, 0.3) is 0 Å². The lowest BCUT2D eigenvalue weighted by molar-refractivity contribution is 0.889. The van der Waals surface area contributed by atoms with Crippen molar-refractivity contribution in [1.82, 2.24) is 15.0 Å². The van der Waals surface area contributed by atoms with E-state index in [2.05, 4.69) is 41.1 Å². The Kier molecular flexibility index (Phi) is 4.71. The molecular formula is C12H16BrN5S. The van der Waals surface area contributed by atoms with Crippen molar-refractivity contribution in [2.75, 3.05) is 23.8 Å². The van der Waals surface area contributed by atoms with Crippen LogP contribution >= 0.6 is 27.3 Å². The Hall–Kier alpha value is -1.21. The van der Waals surface area contributed by atoms with Gasteiger partial charge in [0.1, 0.15) is 22.4 Å². The molecule has 0 bridgehead atoms. The summed E-state index contributed by atoms with van der Waals surface area (Å²) in [7, 11) is 2.02. The van der Waals surface area contributed by atoms with Crippen molar-refractivity contribution < 1.29 is 0 Å². The molecule has 0 spiro atoms. The molecule has 102 valence electrons. The third-order valence-corrected chi connectivity index (χ3v) is 4.35. The van der Waals surface area contributed by atoms with E-state index in [1.807, 2.05) is 26.4 Å². The molecular weight excluding hydrogens is 326 g/mol. The van der Waals surface area contributed by atoms with E-state index in [0.717, 1.165) is 34.9 Å². The Morgan fingerprint density at radius 2 is 2.16 bits per heavy atom. The van der Waals surface area contributed by atoms with E-state index >= 15 is 0 Å². The Morgan fingerprint density at radius 1 is 1.37 bits per heavy atom. The van der Waals surface area contributed by atoms with Crippen molar-refractivity contribution in [2.24, 2.45) is 0 Å². The van der Waals surface area contributed by atoms with Crippen LogP contribution in [-0.2, 0) is 6.54 Å². The first-order chi connectivity index (χ1) is 9.13. The van der Waals surface area contributed by atoms with Crippen LogP contribution in [0.5, 0.6) is 0 Å². The molecule has 0 amide bonds. The number of nitrogens with one attached hydrogen (secondary N) is 1. The molecule has 0 saturated heterocycles. The quantitative estimate of drug-likeness (QED) is 0.905. The van der Waals surface area contributed by atoms with Crippen LogP contribution in [-0.4, -0.2) is 28.5 Å². The lowest BCUT2D eigenvalue weighted by atomic mass is 10.3. The predicted octanol–water partition coefficient (Wildman–Crippen LogP) is 3.07. The van der Waals surface area contributed by atoms with E-state index in [4.69, 9.17) is 0 Å².